The van der Waals surface area contributed by atoms with E-state index in [2.05, 4.69) is 39.2 Å². The van der Waals surface area contributed by atoms with E-state index >= 15 is 0 Å². The molecule has 122 valence electrons. The monoisotopic (exact) mass is 402 g/mol. The zero-order valence-electron chi connectivity index (χ0n) is 13.0. The Morgan fingerprint density at radius 2 is 1.96 bits per heavy atom. The number of hydrogen-bond acceptors (Lipinski definition) is 2. The van der Waals surface area contributed by atoms with Gasteiger partial charge in [-0.15, -0.1) is 0 Å². The summed E-state index contributed by atoms with van der Waals surface area (Å²) >= 11 is 9.87. The summed E-state index contributed by atoms with van der Waals surface area (Å²) < 4.78 is 7.82. The van der Waals surface area contributed by atoms with Crippen LogP contribution in [0.15, 0.2) is 54.6 Å². The summed E-state index contributed by atoms with van der Waals surface area (Å²) in [6.45, 7) is 0. The minimum Gasteiger partial charge on any atom is -0.490 e. The van der Waals surface area contributed by atoms with Crippen LogP contribution in [0.2, 0.25) is 5.02 Å². The van der Waals surface area contributed by atoms with Crippen LogP contribution in [0.5, 0.6) is 5.75 Å². The summed E-state index contributed by atoms with van der Waals surface area (Å²) in [5.41, 5.74) is 3.89. The summed E-state index contributed by atoms with van der Waals surface area (Å²) in [7, 11) is 0. The van der Waals surface area contributed by atoms with Gasteiger partial charge in [0.15, 0.2) is 0 Å². The van der Waals surface area contributed by atoms with Gasteiger partial charge in [0, 0.05) is 10.9 Å². The van der Waals surface area contributed by atoms with Crippen molar-refractivity contribution in [3.8, 4) is 22.7 Å². The Kier molecular flexibility index (Phi) is 4.33. The molecule has 1 aromatic heterocycles. The van der Waals surface area contributed by atoms with Crippen LogP contribution < -0.4 is 4.74 Å². The van der Waals surface area contributed by atoms with E-state index in [0.717, 1.165) is 41.2 Å². The molecule has 0 radical (unpaired) electrons. The first-order valence-electron chi connectivity index (χ1n) is 7.91. The third-order valence-corrected chi connectivity index (χ3v) is 4.83. The summed E-state index contributed by atoms with van der Waals surface area (Å²) in [5, 5.41) is 6.05. The first kappa shape index (κ1) is 15.7. The third kappa shape index (κ3) is 3.21. The molecule has 0 spiro atoms. The maximum Gasteiger partial charge on any atom is 0.120 e. The molecular formula is C19H16BrClN2O. The normalized spacial score (nSPS) is 13.9. The van der Waals surface area contributed by atoms with Crippen LogP contribution in [0, 0.1) is 0 Å². The lowest BCUT2D eigenvalue weighted by Crippen LogP contribution is -2.01. The Balaban J connectivity index is 1.80. The summed E-state index contributed by atoms with van der Waals surface area (Å²) in [5.74, 6) is 0.905. The Labute approximate surface area is 154 Å². The molecule has 1 saturated carbocycles. The minimum atomic E-state index is 0.381. The molecule has 0 saturated heterocycles. The molecule has 0 bridgehead atoms. The summed E-state index contributed by atoms with van der Waals surface area (Å²) in [6.07, 6.45) is 2.68. The molecule has 5 heteroatoms. The second kappa shape index (κ2) is 6.61. The highest BCUT2D eigenvalue weighted by molar-refractivity contribution is 9.08. The molecule has 0 N–H and O–H groups in total. The molecule has 0 amide bonds. The third-order valence-electron chi connectivity index (χ3n) is 3.93. The lowest BCUT2D eigenvalue weighted by atomic mass is 10.1. The quantitative estimate of drug-likeness (QED) is 0.516. The van der Waals surface area contributed by atoms with Gasteiger partial charge in [-0.1, -0.05) is 51.8 Å². The number of nitrogens with zero attached hydrogens (tertiary/aromatic N) is 2. The van der Waals surface area contributed by atoms with Crippen LogP contribution in [0.3, 0.4) is 0 Å². The predicted molar refractivity (Wildman–Crippen MR) is 100 cm³/mol. The Morgan fingerprint density at radius 1 is 1.12 bits per heavy atom. The zero-order valence-corrected chi connectivity index (χ0v) is 15.3. The van der Waals surface area contributed by atoms with Crippen LogP contribution >= 0.6 is 27.5 Å². The van der Waals surface area contributed by atoms with E-state index in [4.69, 9.17) is 16.3 Å². The number of benzene rings is 2. The summed E-state index contributed by atoms with van der Waals surface area (Å²) in [6, 6.07) is 18.0. The van der Waals surface area contributed by atoms with Gasteiger partial charge in [-0.25, -0.2) is 4.68 Å². The Hall–Kier alpha value is -1.78. The molecule has 24 heavy (non-hydrogen) atoms. The van der Waals surface area contributed by atoms with E-state index in [0.29, 0.717) is 16.5 Å². The lowest BCUT2D eigenvalue weighted by Gasteiger charge is -2.11. The maximum atomic E-state index is 6.38. The fraction of sp³-hybridized carbons (Fsp3) is 0.211. The number of ether oxygens (including phenoxy) is 1. The van der Waals surface area contributed by atoms with Gasteiger partial charge in [-0.05, 0) is 43.2 Å². The minimum absolute atomic E-state index is 0.381. The summed E-state index contributed by atoms with van der Waals surface area (Å²) in [4.78, 5) is 0. The number of hydrogen-bond donors (Lipinski definition) is 0. The van der Waals surface area contributed by atoms with E-state index in [1.165, 1.54) is 0 Å². The molecule has 1 aliphatic rings. The van der Waals surface area contributed by atoms with Crippen LogP contribution in [-0.2, 0) is 5.33 Å². The molecule has 3 nitrogen and oxygen atoms in total. The van der Waals surface area contributed by atoms with Gasteiger partial charge in [-0.3, -0.25) is 0 Å². The molecule has 0 aliphatic heterocycles. The number of alkyl halides is 1. The van der Waals surface area contributed by atoms with Gasteiger partial charge in [0.2, 0.25) is 0 Å². The topological polar surface area (TPSA) is 27.1 Å². The molecule has 1 fully saturated rings. The van der Waals surface area contributed by atoms with E-state index < -0.39 is 0 Å². The predicted octanol–water partition coefficient (Wildman–Crippen LogP) is 5.63. The molecule has 1 heterocycles. The van der Waals surface area contributed by atoms with Gasteiger partial charge in [0.25, 0.3) is 0 Å². The molecule has 1 aliphatic carbocycles. The average Bonchev–Trinajstić information content (AvgIpc) is 3.31. The van der Waals surface area contributed by atoms with Crippen molar-refractivity contribution >= 4 is 27.5 Å². The number of aromatic nitrogens is 2. The number of rotatable bonds is 5. The zero-order chi connectivity index (χ0) is 16.5. The Morgan fingerprint density at radius 3 is 2.71 bits per heavy atom. The highest BCUT2D eigenvalue weighted by atomic mass is 79.9. The maximum absolute atomic E-state index is 6.38. The molecular weight excluding hydrogens is 388 g/mol. The lowest BCUT2D eigenvalue weighted by molar-refractivity contribution is 0.303. The fourth-order valence-corrected chi connectivity index (χ4v) is 3.11. The van der Waals surface area contributed by atoms with Crippen molar-refractivity contribution in [1.29, 1.82) is 0 Å². The van der Waals surface area contributed by atoms with E-state index in [1.807, 2.05) is 41.1 Å². The van der Waals surface area contributed by atoms with Crippen molar-refractivity contribution in [3.05, 3.63) is 65.3 Å². The van der Waals surface area contributed by atoms with Crippen molar-refractivity contribution in [1.82, 2.24) is 9.78 Å². The van der Waals surface area contributed by atoms with Crippen LogP contribution in [0.1, 0.15) is 18.5 Å². The van der Waals surface area contributed by atoms with Crippen molar-refractivity contribution in [2.75, 3.05) is 0 Å². The molecule has 0 unspecified atom stereocenters. The molecule has 0 atom stereocenters. The van der Waals surface area contributed by atoms with Crippen LogP contribution in [-0.4, -0.2) is 15.9 Å². The first-order chi connectivity index (χ1) is 11.7. The average molecular weight is 404 g/mol. The van der Waals surface area contributed by atoms with Crippen molar-refractivity contribution < 1.29 is 4.74 Å². The number of para-hydroxylation sites is 1. The van der Waals surface area contributed by atoms with E-state index in [9.17, 15) is 0 Å². The standard InChI is InChI=1S/C19H16BrClN2O/c20-12-14-11-19(23(22-14)18-7-2-1-6-17(18)21)13-4-3-5-16(10-13)24-15-8-9-15/h1-7,10-11,15H,8-9,12H2. The van der Waals surface area contributed by atoms with E-state index in [1.54, 1.807) is 0 Å². The number of halogens is 2. The highest BCUT2D eigenvalue weighted by Crippen LogP contribution is 2.32. The molecule has 2 aromatic carbocycles. The Bertz CT molecular complexity index is 873. The van der Waals surface area contributed by atoms with Gasteiger partial charge >= 0.3 is 0 Å². The van der Waals surface area contributed by atoms with Crippen molar-refractivity contribution in [3.63, 3.8) is 0 Å². The van der Waals surface area contributed by atoms with Crippen LogP contribution in [0.25, 0.3) is 16.9 Å². The van der Waals surface area contributed by atoms with Gasteiger partial charge < -0.3 is 4.74 Å². The van der Waals surface area contributed by atoms with E-state index in [-0.39, 0.29) is 0 Å². The van der Waals surface area contributed by atoms with Crippen LogP contribution in [0.4, 0.5) is 0 Å². The van der Waals surface area contributed by atoms with Gasteiger partial charge in [0.05, 0.1) is 28.2 Å². The smallest absolute Gasteiger partial charge is 0.120 e. The second-order valence-corrected chi connectivity index (χ2v) is 6.83. The van der Waals surface area contributed by atoms with Gasteiger partial charge in [0.1, 0.15) is 5.75 Å². The largest absolute Gasteiger partial charge is 0.490 e. The van der Waals surface area contributed by atoms with Gasteiger partial charge in [-0.2, -0.15) is 5.10 Å². The first-order valence-corrected chi connectivity index (χ1v) is 9.41. The van der Waals surface area contributed by atoms with Crippen molar-refractivity contribution in [2.45, 2.75) is 24.3 Å². The molecule has 4 rings (SSSR count). The van der Waals surface area contributed by atoms with Crippen molar-refractivity contribution in [2.24, 2.45) is 0 Å². The molecule has 3 aromatic rings. The fourth-order valence-electron chi connectivity index (χ4n) is 2.62. The second-order valence-electron chi connectivity index (χ2n) is 5.86. The highest BCUT2D eigenvalue weighted by Gasteiger charge is 2.23. The SMILES string of the molecule is Clc1ccccc1-n1nc(CBr)cc1-c1cccc(OC2CC2)c1.